The van der Waals surface area contributed by atoms with Crippen LogP contribution in [0.1, 0.15) is 5.69 Å². The molecule has 0 bridgehead atoms. The van der Waals surface area contributed by atoms with E-state index >= 15 is 0 Å². The number of nitrogens with zero attached hydrogens (tertiary/aromatic N) is 2. The predicted molar refractivity (Wildman–Crippen MR) is 30.8 cm³/mol. The van der Waals surface area contributed by atoms with E-state index < -0.39 is 0 Å². The summed E-state index contributed by atoms with van der Waals surface area (Å²) in [7, 11) is 0. The largest absolute Gasteiger partial charge is 0.436 e. The van der Waals surface area contributed by atoms with Gasteiger partial charge in [-0.15, -0.1) is 0 Å². The first kappa shape index (κ1) is 6.12. The molecule has 0 saturated heterocycles. The zero-order valence-electron chi connectivity index (χ0n) is 4.47. The van der Waals surface area contributed by atoms with Crippen molar-refractivity contribution in [3.63, 3.8) is 0 Å². The molecule has 0 saturated carbocycles. The fourth-order valence-corrected chi connectivity index (χ4v) is 0.598. The molecule has 0 aliphatic carbocycles. The molecule has 1 aromatic rings. The minimum Gasteiger partial charge on any atom is -0.436 e. The van der Waals surface area contributed by atoms with E-state index in [1.807, 2.05) is 6.07 Å². The van der Waals surface area contributed by atoms with E-state index in [9.17, 15) is 0 Å². The second-order valence-corrected chi connectivity index (χ2v) is 1.75. The van der Waals surface area contributed by atoms with Crippen molar-refractivity contribution in [2.45, 2.75) is 6.42 Å². The van der Waals surface area contributed by atoms with E-state index in [4.69, 9.17) is 16.9 Å². The summed E-state index contributed by atoms with van der Waals surface area (Å²) in [6, 6.07) is 1.92. The van der Waals surface area contributed by atoms with Crippen molar-refractivity contribution in [3.8, 4) is 6.07 Å². The number of hydrogen-bond acceptors (Lipinski definition) is 3. The fraction of sp³-hybridized carbons (Fsp3) is 0.200. The lowest BCUT2D eigenvalue weighted by atomic mass is 10.4. The van der Waals surface area contributed by atoms with Crippen LogP contribution in [0.5, 0.6) is 0 Å². The van der Waals surface area contributed by atoms with Gasteiger partial charge in [0, 0.05) is 0 Å². The Bertz CT molecular complexity index is 237. The summed E-state index contributed by atoms with van der Waals surface area (Å²) < 4.78 is 4.62. The average Bonchev–Trinajstić information content (AvgIpc) is 2.17. The third-order valence-corrected chi connectivity index (χ3v) is 0.957. The van der Waals surface area contributed by atoms with Gasteiger partial charge in [0.05, 0.1) is 18.2 Å². The molecule has 1 aromatic heterocycles. The minimum absolute atomic E-state index is 0.0836. The standard InChI is InChI=1S/C5H3ClN2O/c6-5-8-4(1-2-7)3-9-5/h3H,1H2. The second kappa shape index (κ2) is 2.51. The molecule has 0 aromatic carbocycles. The lowest BCUT2D eigenvalue weighted by molar-refractivity contribution is 0.559. The van der Waals surface area contributed by atoms with Crippen LogP contribution in [0.3, 0.4) is 0 Å². The molecule has 46 valence electrons. The summed E-state index contributed by atoms with van der Waals surface area (Å²) in [5, 5.41) is 8.24. The average molecular weight is 143 g/mol. The van der Waals surface area contributed by atoms with Crippen molar-refractivity contribution in [1.82, 2.24) is 4.98 Å². The van der Waals surface area contributed by atoms with E-state index in [1.165, 1.54) is 6.26 Å². The number of nitriles is 1. The molecule has 3 nitrogen and oxygen atoms in total. The van der Waals surface area contributed by atoms with Gasteiger partial charge >= 0.3 is 0 Å². The van der Waals surface area contributed by atoms with Gasteiger partial charge in [0.1, 0.15) is 6.26 Å². The summed E-state index contributed by atoms with van der Waals surface area (Å²) >= 11 is 5.31. The molecular formula is C5H3ClN2O. The predicted octanol–water partition coefficient (Wildman–Crippen LogP) is 1.39. The maximum absolute atomic E-state index is 8.15. The number of rotatable bonds is 1. The Kier molecular flexibility index (Phi) is 1.71. The molecule has 1 rings (SSSR count). The van der Waals surface area contributed by atoms with E-state index in [0.717, 1.165) is 0 Å². The van der Waals surface area contributed by atoms with Crippen molar-refractivity contribution < 1.29 is 4.42 Å². The quantitative estimate of drug-likeness (QED) is 0.596. The first-order valence-electron chi connectivity index (χ1n) is 2.30. The molecular weight excluding hydrogens is 140 g/mol. The van der Waals surface area contributed by atoms with Gasteiger partial charge in [0.15, 0.2) is 0 Å². The summed E-state index contributed by atoms with van der Waals surface area (Å²) in [6.07, 6.45) is 1.61. The van der Waals surface area contributed by atoms with E-state index in [-0.39, 0.29) is 11.8 Å². The number of hydrogen-bond donors (Lipinski definition) is 0. The lowest BCUT2D eigenvalue weighted by Crippen LogP contribution is -1.77. The first-order chi connectivity index (χ1) is 4.33. The van der Waals surface area contributed by atoms with Gasteiger partial charge in [-0.2, -0.15) is 5.26 Å². The van der Waals surface area contributed by atoms with Gasteiger partial charge in [-0.05, 0) is 11.6 Å². The fourth-order valence-electron chi connectivity index (χ4n) is 0.444. The van der Waals surface area contributed by atoms with Crippen molar-refractivity contribution in [2.75, 3.05) is 0 Å². The molecule has 0 unspecified atom stereocenters. The maximum atomic E-state index is 8.15. The van der Waals surface area contributed by atoms with Crippen LogP contribution in [0, 0.1) is 11.3 Å². The monoisotopic (exact) mass is 142 g/mol. The third-order valence-electron chi connectivity index (χ3n) is 0.784. The highest BCUT2D eigenvalue weighted by Gasteiger charge is 1.97. The molecule has 0 spiro atoms. The normalized spacial score (nSPS) is 8.89. The van der Waals surface area contributed by atoms with E-state index in [0.29, 0.717) is 5.69 Å². The van der Waals surface area contributed by atoms with Crippen LogP contribution in [0.15, 0.2) is 10.7 Å². The molecule has 0 aliphatic rings. The number of halogens is 1. The van der Waals surface area contributed by atoms with Gasteiger partial charge < -0.3 is 4.42 Å². The maximum Gasteiger partial charge on any atom is 0.292 e. The van der Waals surface area contributed by atoms with Crippen molar-refractivity contribution in [2.24, 2.45) is 0 Å². The highest BCUT2D eigenvalue weighted by molar-refractivity contribution is 6.27. The SMILES string of the molecule is N#CCc1coc(Cl)n1. The van der Waals surface area contributed by atoms with E-state index in [2.05, 4.69) is 9.40 Å². The Morgan fingerprint density at radius 3 is 3.11 bits per heavy atom. The Morgan fingerprint density at radius 2 is 2.67 bits per heavy atom. The van der Waals surface area contributed by atoms with Crippen LogP contribution in [0.4, 0.5) is 0 Å². The molecule has 4 heteroatoms. The lowest BCUT2D eigenvalue weighted by Gasteiger charge is -1.73. The number of aromatic nitrogens is 1. The van der Waals surface area contributed by atoms with Crippen LogP contribution in [0.2, 0.25) is 5.35 Å². The summed E-state index contributed by atoms with van der Waals surface area (Å²) in [5.74, 6) is 0. The van der Waals surface area contributed by atoms with Gasteiger partial charge in [0.25, 0.3) is 5.35 Å². The van der Waals surface area contributed by atoms with Gasteiger partial charge in [-0.1, -0.05) is 0 Å². The Hall–Kier alpha value is -1.01. The Morgan fingerprint density at radius 1 is 1.89 bits per heavy atom. The highest BCUT2D eigenvalue weighted by atomic mass is 35.5. The molecule has 0 radical (unpaired) electrons. The van der Waals surface area contributed by atoms with Crippen molar-refractivity contribution in [3.05, 3.63) is 17.3 Å². The summed E-state index contributed by atoms with van der Waals surface area (Å²) in [4.78, 5) is 3.68. The number of oxazole rings is 1. The van der Waals surface area contributed by atoms with Crippen LogP contribution >= 0.6 is 11.6 Å². The molecule has 1 heterocycles. The topological polar surface area (TPSA) is 49.8 Å². The minimum atomic E-state index is 0.0836. The molecule has 0 aliphatic heterocycles. The molecule has 0 fully saturated rings. The molecule has 0 amide bonds. The van der Waals surface area contributed by atoms with Crippen molar-refractivity contribution >= 4 is 11.6 Å². The van der Waals surface area contributed by atoms with E-state index in [1.54, 1.807) is 0 Å². The Balaban J connectivity index is 2.76. The molecule has 0 atom stereocenters. The van der Waals surface area contributed by atoms with Crippen molar-refractivity contribution in [1.29, 1.82) is 5.26 Å². The summed E-state index contributed by atoms with van der Waals surface area (Å²) in [5.41, 5.74) is 0.572. The van der Waals surface area contributed by atoms with Crippen LogP contribution in [-0.2, 0) is 6.42 Å². The van der Waals surface area contributed by atoms with Crippen LogP contribution in [0.25, 0.3) is 0 Å². The molecule has 9 heavy (non-hydrogen) atoms. The van der Waals surface area contributed by atoms with Gasteiger partial charge in [-0.3, -0.25) is 0 Å². The smallest absolute Gasteiger partial charge is 0.292 e. The highest BCUT2D eigenvalue weighted by Crippen LogP contribution is 2.06. The summed E-state index contributed by atoms with van der Waals surface area (Å²) in [6.45, 7) is 0. The first-order valence-corrected chi connectivity index (χ1v) is 2.67. The Labute approximate surface area is 56.9 Å². The van der Waals surface area contributed by atoms with Gasteiger partial charge in [0.2, 0.25) is 0 Å². The van der Waals surface area contributed by atoms with Crippen LogP contribution in [-0.4, -0.2) is 4.98 Å². The second-order valence-electron chi connectivity index (χ2n) is 1.43. The molecule has 0 N–H and O–H groups in total. The van der Waals surface area contributed by atoms with Gasteiger partial charge in [-0.25, -0.2) is 4.98 Å². The van der Waals surface area contributed by atoms with Crippen LogP contribution < -0.4 is 0 Å². The third kappa shape index (κ3) is 1.44. The zero-order valence-corrected chi connectivity index (χ0v) is 5.22. The zero-order chi connectivity index (χ0) is 6.69.